The molecule has 0 spiro atoms. The van der Waals surface area contributed by atoms with Gasteiger partial charge in [0.2, 0.25) is 10.0 Å². The summed E-state index contributed by atoms with van der Waals surface area (Å²) < 4.78 is 26.7. The van der Waals surface area contributed by atoms with Gasteiger partial charge in [-0.05, 0) is 58.0 Å². The lowest BCUT2D eigenvalue weighted by molar-refractivity contribution is 0.0707. The predicted octanol–water partition coefficient (Wildman–Crippen LogP) is 1.62. The minimum absolute atomic E-state index is 0. The van der Waals surface area contributed by atoms with E-state index in [0.717, 1.165) is 25.9 Å². The highest BCUT2D eigenvalue weighted by molar-refractivity contribution is 7.89. The molecule has 1 saturated heterocycles. The molecule has 0 saturated carbocycles. The maximum Gasteiger partial charge on any atom is 0.253 e. The molecule has 0 unspecified atom stereocenters. The van der Waals surface area contributed by atoms with Gasteiger partial charge in [-0.3, -0.25) is 4.79 Å². The van der Waals surface area contributed by atoms with Gasteiger partial charge in [-0.15, -0.1) is 12.4 Å². The first-order valence-corrected chi connectivity index (χ1v) is 9.40. The summed E-state index contributed by atoms with van der Waals surface area (Å²) in [4.78, 5) is 14.5. The Hall–Kier alpha value is -1.15. The van der Waals surface area contributed by atoms with Crippen LogP contribution >= 0.6 is 12.4 Å². The van der Waals surface area contributed by atoms with Crippen LogP contribution in [0.25, 0.3) is 0 Å². The van der Waals surface area contributed by atoms with E-state index in [-0.39, 0.29) is 29.3 Å². The Morgan fingerprint density at radius 1 is 1.17 bits per heavy atom. The SMILES string of the molecule is CNC1CCN(C(=O)c2ccc(S(=O)(=O)NC(C)C)cc2)CC1.Cl. The van der Waals surface area contributed by atoms with Crippen LogP contribution in [0.15, 0.2) is 29.2 Å². The fourth-order valence-electron chi connectivity index (χ4n) is 2.71. The van der Waals surface area contributed by atoms with Crippen molar-refractivity contribution in [2.75, 3.05) is 20.1 Å². The van der Waals surface area contributed by atoms with E-state index >= 15 is 0 Å². The molecule has 6 nitrogen and oxygen atoms in total. The van der Waals surface area contributed by atoms with Crippen molar-refractivity contribution in [3.63, 3.8) is 0 Å². The third-order valence-corrected chi connectivity index (χ3v) is 5.67. The van der Waals surface area contributed by atoms with Crippen molar-refractivity contribution in [2.45, 2.75) is 43.7 Å². The van der Waals surface area contributed by atoms with Gasteiger partial charge in [0.05, 0.1) is 4.90 Å². The molecule has 8 heteroatoms. The van der Waals surface area contributed by atoms with Gasteiger partial charge in [0, 0.05) is 30.7 Å². The highest BCUT2D eigenvalue weighted by Gasteiger charge is 2.23. The van der Waals surface area contributed by atoms with Crippen molar-refractivity contribution < 1.29 is 13.2 Å². The van der Waals surface area contributed by atoms with Crippen LogP contribution in [0.5, 0.6) is 0 Å². The molecule has 2 rings (SSSR count). The van der Waals surface area contributed by atoms with Crippen molar-refractivity contribution in [1.29, 1.82) is 0 Å². The second kappa shape index (κ2) is 8.80. The van der Waals surface area contributed by atoms with Gasteiger partial charge in [-0.25, -0.2) is 13.1 Å². The lowest BCUT2D eigenvalue weighted by Crippen LogP contribution is -2.43. The van der Waals surface area contributed by atoms with Gasteiger partial charge >= 0.3 is 0 Å². The molecule has 1 aromatic carbocycles. The molecule has 0 atom stereocenters. The maximum atomic E-state index is 12.5. The molecule has 0 bridgehead atoms. The number of nitrogens with zero attached hydrogens (tertiary/aromatic N) is 1. The van der Waals surface area contributed by atoms with E-state index < -0.39 is 10.0 Å². The van der Waals surface area contributed by atoms with Gasteiger partial charge in [0.15, 0.2) is 0 Å². The van der Waals surface area contributed by atoms with Crippen LogP contribution in [0.4, 0.5) is 0 Å². The normalized spacial score (nSPS) is 16.1. The van der Waals surface area contributed by atoms with E-state index in [1.807, 2.05) is 11.9 Å². The van der Waals surface area contributed by atoms with E-state index in [9.17, 15) is 13.2 Å². The number of likely N-dealkylation sites (tertiary alicyclic amines) is 1. The number of rotatable bonds is 5. The molecule has 0 aromatic heterocycles. The highest BCUT2D eigenvalue weighted by atomic mass is 35.5. The second-order valence-corrected chi connectivity index (χ2v) is 7.87. The van der Waals surface area contributed by atoms with Crippen molar-refractivity contribution in [1.82, 2.24) is 14.9 Å². The second-order valence-electron chi connectivity index (χ2n) is 6.16. The number of hydrogen-bond donors (Lipinski definition) is 2. The third kappa shape index (κ3) is 5.17. The minimum atomic E-state index is -3.52. The van der Waals surface area contributed by atoms with Crippen molar-refractivity contribution in [2.24, 2.45) is 0 Å². The number of amides is 1. The maximum absolute atomic E-state index is 12.5. The van der Waals surface area contributed by atoms with Crippen molar-refractivity contribution in [3.8, 4) is 0 Å². The van der Waals surface area contributed by atoms with Crippen LogP contribution in [0.3, 0.4) is 0 Å². The zero-order valence-electron chi connectivity index (χ0n) is 14.3. The summed E-state index contributed by atoms with van der Waals surface area (Å²) >= 11 is 0. The average molecular weight is 376 g/mol. The fourth-order valence-corrected chi connectivity index (χ4v) is 3.96. The van der Waals surface area contributed by atoms with Gasteiger partial charge < -0.3 is 10.2 Å². The molecule has 1 aliphatic heterocycles. The summed E-state index contributed by atoms with van der Waals surface area (Å²) in [5.74, 6) is -0.0414. The molecule has 0 aliphatic carbocycles. The van der Waals surface area contributed by atoms with E-state index in [1.165, 1.54) is 12.1 Å². The van der Waals surface area contributed by atoms with E-state index in [4.69, 9.17) is 0 Å². The van der Waals surface area contributed by atoms with Crippen LogP contribution in [0, 0.1) is 0 Å². The molecule has 1 heterocycles. The standard InChI is InChI=1S/C16H25N3O3S.ClH/c1-12(2)18-23(21,22)15-6-4-13(5-7-15)16(20)19-10-8-14(17-3)9-11-19;/h4-7,12,14,17-18H,8-11H2,1-3H3;1H. The van der Waals surface area contributed by atoms with Crippen LogP contribution in [0.2, 0.25) is 0 Å². The zero-order chi connectivity index (χ0) is 17.0. The number of sulfonamides is 1. The van der Waals surface area contributed by atoms with E-state index in [0.29, 0.717) is 11.6 Å². The summed E-state index contributed by atoms with van der Waals surface area (Å²) in [6.07, 6.45) is 1.88. The summed E-state index contributed by atoms with van der Waals surface area (Å²) in [6.45, 7) is 4.98. The van der Waals surface area contributed by atoms with Crippen LogP contribution in [-0.4, -0.2) is 51.4 Å². The number of carbonyl (C=O) groups excluding carboxylic acids is 1. The van der Waals surface area contributed by atoms with Gasteiger partial charge in [0.25, 0.3) is 5.91 Å². The first-order valence-electron chi connectivity index (χ1n) is 7.92. The number of carbonyl (C=O) groups is 1. The van der Waals surface area contributed by atoms with Gasteiger partial charge in [-0.2, -0.15) is 0 Å². The van der Waals surface area contributed by atoms with Gasteiger partial charge in [-0.1, -0.05) is 0 Å². The lowest BCUT2D eigenvalue weighted by Gasteiger charge is -2.31. The molecular weight excluding hydrogens is 350 g/mol. The number of halogens is 1. The Morgan fingerprint density at radius 3 is 2.17 bits per heavy atom. The van der Waals surface area contributed by atoms with Crippen LogP contribution in [-0.2, 0) is 10.0 Å². The molecule has 136 valence electrons. The Morgan fingerprint density at radius 2 is 1.71 bits per heavy atom. The Bertz CT molecular complexity index is 639. The van der Waals surface area contributed by atoms with E-state index in [2.05, 4.69) is 10.0 Å². The number of benzene rings is 1. The fraction of sp³-hybridized carbons (Fsp3) is 0.562. The van der Waals surface area contributed by atoms with Gasteiger partial charge in [0.1, 0.15) is 0 Å². The molecule has 1 aliphatic rings. The van der Waals surface area contributed by atoms with Crippen LogP contribution < -0.4 is 10.0 Å². The Labute approximate surface area is 150 Å². The molecule has 1 fully saturated rings. The van der Waals surface area contributed by atoms with E-state index in [1.54, 1.807) is 26.0 Å². The monoisotopic (exact) mass is 375 g/mol. The highest BCUT2D eigenvalue weighted by Crippen LogP contribution is 2.16. The summed E-state index contributed by atoms with van der Waals surface area (Å²) in [7, 11) is -1.58. The summed E-state index contributed by atoms with van der Waals surface area (Å²) in [5.41, 5.74) is 0.524. The number of hydrogen-bond acceptors (Lipinski definition) is 4. The largest absolute Gasteiger partial charge is 0.339 e. The quantitative estimate of drug-likeness (QED) is 0.819. The lowest BCUT2D eigenvalue weighted by atomic mass is 10.0. The minimum Gasteiger partial charge on any atom is -0.339 e. The molecule has 1 aromatic rings. The smallest absolute Gasteiger partial charge is 0.253 e. The number of nitrogens with one attached hydrogen (secondary N) is 2. The molecule has 2 N–H and O–H groups in total. The third-order valence-electron chi connectivity index (χ3n) is 3.99. The summed E-state index contributed by atoms with van der Waals surface area (Å²) in [5, 5.41) is 3.23. The topological polar surface area (TPSA) is 78.5 Å². The Balaban J connectivity index is 0.00000288. The first kappa shape index (κ1) is 20.9. The molecule has 24 heavy (non-hydrogen) atoms. The van der Waals surface area contributed by atoms with Crippen LogP contribution in [0.1, 0.15) is 37.0 Å². The Kier molecular flexibility index (Phi) is 7.66. The predicted molar refractivity (Wildman–Crippen MR) is 97.1 cm³/mol. The molecular formula is C16H26ClN3O3S. The van der Waals surface area contributed by atoms with Crippen molar-refractivity contribution >= 4 is 28.3 Å². The molecule has 1 amide bonds. The zero-order valence-corrected chi connectivity index (χ0v) is 15.9. The average Bonchev–Trinajstić information content (AvgIpc) is 2.53. The first-order chi connectivity index (χ1) is 10.8. The van der Waals surface area contributed by atoms with Crippen molar-refractivity contribution in [3.05, 3.63) is 29.8 Å². The molecule has 0 radical (unpaired) electrons. The summed E-state index contributed by atoms with van der Waals surface area (Å²) in [6, 6.07) is 6.43. The number of piperidine rings is 1.